The molecule has 1 heterocycles. The Morgan fingerprint density at radius 1 is 1.08 bits per heavy atom. The fourth-order valence-corrected chi connectivity index (χ4v) is 2.24. The molecule has 8 heteroatoms. The van der Waals surface area contributed by atoms with E-state index in [9.17, 15) is 9.59 Å². The SMILES string of the molecule is O=C(CNC(=O)c1cccc(-c2nn[nH]n2)c1)c1ccc(CO)cc1. The van der Waals surface area contributed by atoms with Crippen molar-refractivity contribution in [2.24, 2.45) is 0 Å². The van der Waals surface area contributed by atoms with Gasteiger partial charge in [0, 0.05) is 16.7 Å². The lowest BCUT2D eigenvalue weighted by Gasteiger charge is -2.06. The number of aliphatic hydroxyl groups is 1. The van der Waals surface area contributed by atoms with E-state index in [1.54, 1.807) is 48.5 Å². The summed E-state index contributed by atoms with van der Waals surface area (Å²) in [5.41, 5.74) is 2.23. The number of rotatable bonds is 6. The topological polar surface area (TPSA) is 121 Å². The molecule has 0 aliphatic rings. The lowest BCUT2D eigenvalue weighted by atomic mass is 10.1. The number of amides is 1. The van der Waals surface area contributed by atoms with Gasteiger partial charge in [-0.25, -0.2) is 0 Å². The van der Waals surface area contributed by atoms with Gasteiger partial charge in [-0.2, -0.15) is 5.21 Å². The van der Waals surface area contributed by atoms with Crippen LogP contribution in [-0.4, -0.2) is 44.0 Å². The standard InChI is InChI=1S/C17H15N5O3/c23-10-11-4-6-12(7-5-11)15(24)9-18-17(25)14-3-1-2-13(8-14)16-19-21-22-20-16/h1-8,23H,9-10H2,(H,18,25)(H,19,20,21,22). The van der Waals surface area contributed by atoms with Crippen LogP contribution in [0.2, 0.25) is 0 Å². The molecule has 0 radical (unpaired) electrons. The Labute approximate surface area is 142 Å². The lowest BCUT2D eigenvalue weighted by Crippen LogP contribution is -2.29. The molecule has 0 aliphatic carbocycles. The summed E-state index contributed by atoms with van der Waals surface area (Å²) >= 11 is 0. The van der Waals surface area contributed by atoms with E-state index in [1.165, 1.54) is 0 Å². The molecule has 8 nitrogen and oxygen atoms in total. The molecule has 0 fully saturated rings. The molecule has 0 atom stereocenters. The highest BCUT2D eigenvalue weighted by atomic mass is 16.3. The average Bonchev–Trinajstić information content (AvgIpc) is 3.21. The van der Waals surface area contributed by atoms with E-state index in [1.807, 2.05) is 0 Å². The molecule has 0 saturated carbocycles. The molecule has 0 spiro atoms. The minimum absolute atomic E-state index is 0.0814. The van der Waals surface area contributed by atoms with E-state index < -0.39 is 0 Å². The molecular formula is C17H15N5O3. The maximum Gasteiger partial charge on any atom is 0.251 e. The Kier molecular flexibility index (Phi) is 4.91. The van der Waals surface area contributed by atoms with Crippen molar-refractivity contribution in [1.29, 1.82) is 0 Å². The van der Waals surface area contributed by atoms with E-state index in [0.29, 0.717) is 22.5 Å². The van der Waals surface area contributed by atoms with Gasteiger partial charge in [0.2, 0.25) is 5.82 Å². The Morgan fingerprint density at radius 3 is 2.56 bits per heavy atom. The van der Waals surface area contributed by atoms with Crippen LogP contribution in [0.15, 0.2) is 48.5 Å². The highest BCUT2D eigenvalue weighted by Gasteiger charge is 2.12. The molecule has 126 valence electrons. The molecule has 0 bridgehead atoms. The normalized spacial score (nSPS) is 10.4. The highest BCUT2D eigenvalue weighted by molar-refractivity contribution is 6.02. The van der Waals surface area contributed by atoms with Gasteiger partial charge in [0.15, 0.2) is 5.78 Å². The molecule has 1 amide bonds. The first kappa shape index (κ1) is 16.5. The Morgan fingerprint density at radius 2 is 1.88 bits per heavy atom. The summed E-state index contributed by atoms with van der Waals surface area (Å²) in [5, 5.41) is 25.2. The maximum atomic E-state index is 12.2. The number of carbonyl (C=O) groups is 2. The second-order valence-corrected chi connectivity index (χ2v) is 5.28. The summed E-state index contributed by atoms with van der Waals surface area (Å²) in [6.45, 7) is -0.203. The fraction of sp³-hybridized carbons (Fsp3) is 0.118. The van der Waals surface area contributed by atoms with Gasteiger partial charge in [-0.1, -0.05) is 36.4 Å². The van der Waals surface area contributed by atoms with Crippen LogP contribution in [0.25, 0.3) is 11.4 Å². The van der Waals surface area contributed by atoms with E-state index in [0.717, 1.165) is 5.56 Å². The average molecular weight is 337 g/mol. The third kappa shape index (κ3) is 3.93. The van der Waals surface area contributed by atoms with Crippen molar-refractivity contribution >= 4 is 11.7 Å². The number of hydrogen-bond donors (Lipinski definition) is 3. The predicted molar refractivity (Wildman–Crippen MR) is 88.6 cm³/mol. The minimum Gasteiger partial charge on any atom is -0.392 e. The zero-order chi connectivity index (χ0) is 17.6. The van der Waals surface area contributed by atoms with Gasteiger partial charge in [0.05, 0.1) is 13.2 Å². The molecule has 3 aromatic rings. The summed E-state index contributed by atoms with van der Waals surface area (Å²) in [4.78, 5) is 24.4. The zero-order valence-electron chi connectivity index (χ0n) is 13.1. The van der Waals surface area contributed by atoms with Crippen LogP contribution < -0.4 is 5.32 Å². The van der Waals surface area contributed by atoms with E-state index in [-0.39, 0.29) is 24.8 Å². The van der Waals surface area contributed by atoms with E-state index in [4.69, 9.17) is 5.11 Å². The molecule has 3 N–H and O–H groups in total. The van der Waals surface area contributed by atoms with Crippen LogP contribution in [-0.2, 0) is 6.61 Å². The number of H-pyrrole nitrogens is 1. The second kappa shape index (κ2) is 7.45. The summed E-state index contributed by atoms with van der Waals surface area (Å²) in [6, 6.07) is 13.3. The molecule has 3 rings (SSSR count). The van der Waals surface area contributed by atoms with Crippen molar-refractivity contribution in [1.82, 2.24) is 25.9 Å². The van der Waals surface area contributed by atoms with Crippen LogP contribution in [0.5, 0.6) is 0 Å². The van der Waals surface area contributed by atoms with Gasteiger partial charge in [0.25, 0.3) is 5.91 Å². The van der Waals surface area contributed by atoms with Gasteiger partial charge in [0.1, 0.15) is 0 Å². The van der Waals surface area contributed by atoms with Crippen LogP contribution in [0.4, 0.5) is 0 Å². The van der Waals surface area contributed by atoms with Crippen molar-refractivity contribution in [3.8, 4) is 11.4 Å². The Bertz CT molecular complexity index is 876. The van der Waals surface area contributed by atoms with Gasteiger partial charge in [-0.15, -0.1) is 10.2 Å². The first-order valence-corrected chi connectivity index (χ1v) is 7.52. The number of hydrogen-bond acceptors (Lipinski definition) is 6. The lowest BCUT2D eigenvalue weighted by molar-refractivity contribution is 0.0904. The Balaban J connectivity index is 1.64. The number of nitrogens with one attached hydrogen (secondary N) is 2. The van der Waals surface area contributed by atoms with Crippen LogP contribution in [0.1, 0.15) is 26.3 Å². The van der Waals surface area contributed by atoms with Crippen molar-refractivity contribution < 1.29 is 14.7 Å². The molecule has 0 saturated heterocycles. The number of aliphatic hydroxyl groups excluding tert-OH is 1. The summed E-state index contributed by atoms with van der Waals surface area (Å²) < 4.78 is 0. The minimum atomic E-state index is -0.370. The second-order valence-electron chi connectivity index (χ2n) is 5.28. The summed E-state index contributed by atoms with van der Waals surface area (Å²) in [6.07, 6.45) is 0. The van der Waals surface area contributed by atoms with Crippen LogP contribution in [0.3, 0.4) is 0 Å². The Hall–Kier alpha value is -3.39. The van der Waals surface area contributed by atoms with Crippen LogP contribution >= 0.6 is 0 Å². The highest BCUT2D eigenvalue weighted by Crippen LogP contribution is 2.15. The molecular weight excluding hydrogens is 322 g/mol. The number of nitrogens with zero attached hydrogens (tertiary/aromatic N) is 3. The van der Waals surface area contributed by atoms with Crippen molar-refractivity contribution in [2.45, 2.75) is 6.61 Å². The van der Waals surface area contributed by atoms with Gasteiger partial charge >= 0.3 is 0 Å². The van der Waals surface area contributed by atoms with Crippen LogP contribution in [0, 0.1) is 0 Å². The number of benzene rings is 2. The van der Waals surface area contributed by atoms with Gasteiger partial charge in [-0.05, 0) is 22.9 Å². The fourth-order valence-electron chi connectivity index (χ4n) is 2.24. The first-order valence-electron chi connectivity index (χ1n) is 7.52. The maximum absolute atomic E-state index is 12.2. The van der Waals surface area contributed by atoms with Crippen molar-refractivity contribution in [3.63, 3.8) is 0 Å². The monoisotopic (exact) mass is 337 g/mol. The van der Waals surface area contributed by atoms with Gasteiger partial charge in [-0.3, -0.25) is 9.59 Å². The molecule has 0 unspecified atom stereocenters. The predicted octanol–water partition coefficient (Wildman–Crippen LogP) is 0.972. The molecule has 1 aromatic heterocycles. The summed E-state index contributed by atoms with van der Waals surface area (Å²) in [5.74, 6) is -0.201. The third-order valence-corrected chi connectivity index (χ3v) is 3.60. The van der Waals surface area contributed by atoms with E-state index in [2.05, 4.69) is 25.9 Å². The molecule has 25 heavy (non-hydrogen) atoms. The van der Waals surface area contributed by atoms with Gasteiger partial charge < -0.3 is 10.4 Å². The quantitative estimate of drug-likeness (QED) is 0.576. The first-order chi connectivity index (χ1) is 12.2. The van der Waals surface area contributed by atoms with E-state index >= 15 is 0 Å². The smallest absolute Gasteiger partial charge is 0.251 e. The number of aromatic nitrogens is 4. The molecule has 2 aromatic carbocycles. The van der Waals surface area contributed by atoms with Crippen molar-refractivity contribution in [2.75, 3.05) is 6.54 Å². The number of Topliss-reactive ketones (excluding diaryl/α,β-unsaturated/α-hetero) is 1. The number of carbonyl (C=O) groups excluding carboxylic acids is 2. The van der Waals surface area contributed by atoms with Crippen molar-refractivity contribution in [3.05, 3.63) is 65.2 Å². The third-order valence-electron chi connectivity index (χ3n) is 3.60. The largest absolute Gasteiger partial charge is 0.392 e. The number of aromatic amines is 1. The number of ketones is 1. The summed E-state index contributed by atoms with van der Waals surface area (Å²) in [7, 11) is 0. The zero-order valence-corrected chi connectivity index (χ0v) is 13.1. The molecule has 0 aliphatic heterocycles. The number of tetrazole rings is 1.